The van der Waals surface area contributed by atoms with E-state index < -0.39 is 18.8 Å². The van der Waals surface area contributed by atoms with Gasteiger partial charge in [0.1, 0.15) is 12.3 Å². The van der Waals surface area contributed by atoms with Crippen molar-refractivity contribution in [3.8, 4) is 5.75 Å². The number of anilines is 1. The first-order valence-corrected chi connectivity index (χ1v) is 4.61. The summed E-state index contributed by atoms with van der Waals surface area (Å²) in [6.45, 7) is -1.42. The molecule has 1 aromatic rings. The average molecular weight is 248 g/mol. The van der Waals surface area contributed by atoms with E-state index in [0.29, 0.717) is 10.6 Å². The Labute approximate surface area is 95.8 Å². The van der Waals surface area contributed by atoms with Gasteiger partial charge in [0.25, 0.3) is 0 Å². The van der Waals surface area contributed by atoms with Gasteiger partial charge in [0.2, 0.25) is 0 Å². The monoisotopic (exact) mass is 248 g/mol. The largest absolute Gasteiger partial charge is 0.497 e. The minimum atomic E-state index is -4.51. The molecule has 0 aliphatic carbocycles. The molecule has 7 heteroatoms. The number of hydrogen-bond acceptors (Lipinski definition) is 2. The summed E-state index contributed by atoms with van der Waals surface area (Å²) in [7, 11) is 1.43. The van der Waals surface area contributed by atoms with Crippen molar-refractivity contribution in [1.29, 1.82) is 0 Å². The number of urea groups is 1. The summed E-state index contributed by atoms with van der Waals surface area (Å²) >= 11 is 0. The molecule has 17 heavy (non-hydrogen) atoms. The van der Waals surface area contributed by atoms with Crippen molar-refractivity contribution in [3.05, 3.63) is 24.3 Å². The van der Waals surface area contributed by atoms with Gasteiger partial charge in [-0.1, -0.05) is 0 Å². The molecule has 0 saturated carbocycles. The number of rotatable bonds is 3. The summed E-state index contributed by atoms with van der Waals surface area (Å²) in [5, 5.41) is 0. The summed E-state index contributed by atoms with van der Waals surface area (Å²) in [4.78, 5) is 11.4. The lowest BCUT2D eigenvalue weighted by Gasteiger charge is -2.21. The Morgan fingerprint density at radius 2 is 1.88 bits per heavy atom. The van der Waals surface area contributed by atoms with Gasteiger partial charge in [-0.05, 0) is 24.3 Å². The topological polar surface area (TPSA) is 55.6 Å². The minimum absolute atomic E-state index is 0.0654. The van der Waals surface area contributed by atoms with Crippen molar-refractivity contribution < 1.29 is 22.7 Å². The number of amides is 2. The minimum Gasteiger partial charge on any atom is -0.497 e. The number of nitrogens with zero attached hydrogens (tertiary/aromatic N) is 1. The van der Waals surface area contributed by atoms with E-state index in [2.05, 4.69) is 0 Å². The van der Waals surface area contributed by atoms with E-state index in [-0.39, 0.29) is 5.69 Å². The fourth-order valence-corrected chi connectivity index (χ4v) is 1.24. The molecule has 0 aromatic heterocycles. The molecule has 0 aliphatic rings. The molecule has 1 aromatic carbocycles. The van der Waals surface area contributed by atoms with Crippen LogP contribution in [0.5, 0.6) is 5.75 Å². The Bertz CT molecular complexity index is 390. The van der Waals surface area contributed by atoms with Crippen LogP contribution in [0.2, 0.25) is 0 Å². The highest BCUT2D eigenvalue weighted by atomic mass is 19.4. The fourth-order valence-electron chi connectivity index (χ4n) is 1.24. The maximum absolute atomic E-state index is 12.2. The number of alkyl halides is 3. The second-order valence-corrected chi connectivity index (χ2v) is 3.24. The van der Waals surface area contributed by atoms with Crippen molar-refractivity contribution in [3.63, 3.8) is 0 Å². The molecule has 94 valence electrons. The van der Waals surface area contributed by atoms with Gasteiger partial charge in [0.05, 0.1) is 7.11 Å². The third-order valence-electron chi connectivity index (χ3n) is 1.99. The molecule has 0 bridgehead atoms. The summed E-state index contributed by atoms with van der Waals surface area (Å²) in [6, 6.07) is 4.39. The number of benzene rings is 1. The highest BCUT2D eigenvalue weighted by Crippen LogP contribution is 2.23. The first kappa shape index (κ1) is 13.1. The maximum atomic E-state index is 12.2. The van der Waals surface area contributed by atoms with Gasteiger partial charge in [0.15, 0.2) is 0 Å². The number of primary amides is 1. The normalized spacial score (nSPS) is 11.1. The lowest BCUT2D eigenvalue weighted by atomic mass is 10.2. The summed E-state index contributed by atoms with van der Waals surface area (Å²) in [5.41, 5.74) is 4.97. The third kappa shape index (κ3) is 3.86. The summed E-state index contributed by atoms with van der Waals surface area (Å²) < 4.78 is 41.5. The van der Waals surface area contributed by atoms with Crippen LogP contribution >= 0.6 is 0 Å². The summed E-state index contributed by atoms with van der Waals surface area (Å²) in [6.07, 6.45) is -4.51. The van der Waals surface area contributed by atoms with Crippen LogP contribution in [0.3, 0.4) is 0 Å². The van der Waals surface area contributed by atoms with Gasteiger partial charge < -0.3 is 10.5 Å². The van der Waals surface area contributed by atoms with Crippen LogP contribution in [0.4, 0.5) is 23.7 Å². The zero-order valence-electron chi connectivity index (χ0n) is 8.99. The van der Waals surface area contributed by atoms with Crippen molar-refractivity contribution in [2.24, 2.45) is 5.73 Å². The van der Waals surface area contributed by atoms with E-state index in [1.54, 1.807) is 0 Å². The quantitative estimate of drug-likeness (QED) is 0.890. The van der Waals surface area contributed by atoms with Crippen LogP contribution in [0.25, 0.3) is 0 Å². The Balaban J connectivity index is 2.94. The zero-order valence-corrected chi connectivity index (χ0v) is 8.99. The second-order valence-electron chi connectivity index (χ2n) is 3.24. The SMILES string of the molecule is COc1ccc(N(CC(F)(F)F)C(N)=O)cc1. The van der Waals surface area contributed by atoms with Gasteiger partial charge >= 0.3 is 12.2 Å². The Hall–Kier alpha value is -1.92. The van der Waals surface area contributed by atoms with E-state index in [1.807, 2.05) is 0 Å². The molecular weight excluding hydrogens is 237 g/mol. The smallest absolute Gasteiger partial charge is 0.406 e. The van der Waals surface area contributed by atoms with Crippen LogP contribution in [-0.2, 0) is 0 Å². The molecule has 0 unspecified atom stereocenters. The highest BCUT2D eigenvalue weighted by Gasteiger charge is 2.33. The number of ether oxygens (including phenoxy) is 1. The van der Waals surface area contributed by atoms with Crippen LogP contribution in [-0.4, -0.2) is 25.9 Å². The lowest BCUT2D eigenvalue weighted by molar-refractivity contribution is -0.118. The average Bonchev–Trinajstić information content (AvgIpc) is 2.25. The van der Waals surface area contributed by atoms with E-state index in [4.69, 9.17) is 10.5 Å². The molecule has 0 saturated heterocycles. The molecule has 1 rings (SSSR count). The molecule has 0 spiro atoms. The Kier molecular flexibility index (Phi) is 3.82. The predicted octanol–water partition coefficient (Wildman–Crippen LogP) is 2.14. The Morgan fingerprint density at radius 3 is 2.24 bits per heavy atom. The lowest BCUT2D eigenvalue weighted by Crippen LogP contribution is -2.42. The zero-order chi connectivity index (χ0) is 13.1. The number of halogens is 3. The highest BCUT2D eigenvalue weighted by molar-refractivity contribution is 5.90. The van der Waals surface area contributed by atoms with Gasteiger partial charge in [-0.2, -0.15) is 13.2 Å². The molecule has 2 N–H and O–H groups in total. The molecular formula is C10H11F3N2O2. The second kappa shape index (κ2) is 4.94. The number of hydrogen-bond donors (Lipinski definition) is 1. The van der Waals surface area contributed by atoms with E-state index >= 15 is 0 Å². The molecule has 2 amide bonds. The molecule has 0 aliphatic heterocycles. The summed E-state index contributed by atoms with van der Waals surface area (Å²) in [5.74, 6) is 0.477. The standard InChI is InChI=1S/C10H11F3N2O2/c1-17-8-4-2-7(3-5-8)15(9(14)16)6-10(11,12)13/h2-5H,6H2,1H3,(H2,14,16). The molecule has 0 heterocycles. The molecule has 0 radical (unpaired) electrons. The predicted molar refractivity (Wildman–Crippen MR) is 56.0 cm³/mol. The third-order valence-corrected chi connectivity index (χ3v) is 1.99. The number of carbonyl (C=O) groups is 1. The van der Waals surface area contributed by atoms with Gasteiger partial charge in [-0.25, -0.2) is 4.79 Å². The van der Waals surface area contributed by atoms with E-state index in [9.17, 15) is 18.0 Å². The van der Waals surface area contributed by atoms with Crippen LogP contribution in [0.1, 0.15) is 0 Å². The molecule has 0 fully saturated rings. The van der Waals surface area contributed by atoms with Gasteiger partial charge in [0, 0.05) is 5.69 Å². The maximum Gasteiger partial charge on any atom is 0.406 e. The van der Waals surface area contributed by atoms with Crippen molar-refractivity contribution >= 4 is 11.7 Å². The van der Waals surface area contributed by atoms with Crippen LogP contribution in [0, 0.1) is 0 Å². The molecule has 4 nitrogen and oxygen atoms in total. The first-order chi connectivity index (χ1) is 7.83. The van der Waals surface area contributed by atoms with E-state index in [1.165, 1.54) is 31.4 Å². The van der Waals surface area contributed by atoms with Crippen molar-refractivity contribution in [2.75, 3.05) is 18.6 Å². The number of nitrogens with two attached hydrogens (primary N) is 1. The number of methoxy groups -OCH3 is 1. The Morgan fingerprint density at radius 1 is 1.35 bits per heavy atom. The van der Waals surface area contributed by atoms with E-state index in [0.717, 1.165) is 0 Å². The van der Waals surface area contributed by atoms with Crippen molar-refractivity contribution in [2.45, 2.75) is 6.18 Å². The fraction of sp³-hybridized carbons (Fsp3) is 0.300. The molecule has 0 atom stereocenters. The van der Waals surface area contributed by atoms with Gasteiger partial charge in [-0.15, -0.1) is 0 Å². The van der Waals surface area contributed by atoms with Crippen molar-refractivity contribution in [1.82, 2.24) is 0 Å². The van der Waals surface area contributed by atoms with Crippen LogP contribution < -0.4 is 15.4 Å². The number of carbonyl (C=O) groups excluding carboxylic acids is 1. The van der Waals surface area contributed by atoms with Crippen LogP contribution in [0.15, 0.2) is 24.3 Å². The first-order valence-electron chi connectivity index (χ1n) is 4.61. The van der Waals surface area contributed by atoms with Gasteiger partial charge in [-0.3, -0.25) is 4.90 Å².